The first-order chi connectivity index (χ1) is 14.4. The van der Waals surface area contributed by atoms with Crippen molar-refractivity contribution in [2.24, 2.45) is 11.3 Å². The van der Waals surface area contributed by atoms with Gasteiger partial charge in [-0.25, -0.2) is 9.78 Å². The molecule has 0 amide bonds. The molecule has 2 unspecified atom stereocenters. The molecule has 2 N–H and O–H groups in total. The van der Waals surface area contributed by atoms with Crippen molar-refractivity contribution in [3.63, 3.8) is 0 Å². The number of pyridine rings is 1. The van der Waals surface area contributed by atoms with Gasteiger partial charge in [-0.05, 0) is 24.0 Å². The molecule has 0 spiro atoms. The van der Waals surface area contributed by atoms with Gasteiger partial charge in [-0.15, -0.1) is 0 Å². The number of hydrogen-bond acceptors (Lipinski definition) is 4. The van der Waals surface area contributed by atoms with Crippen LogP contribution < -0.4 is 10.3 Å². The Labute approximate surface area is 176 Å². The van der Waals surface area contributed by atoms with Gasteiger partial charge in [-0.3, -0.25) is 4.79 Å². The molecule has 1 aromatic heterocycles. The third kappa shape index (κ3) is 3.92. The first-order valence-corrected chi connectivity index (χ1v) is 10.3. The average molecular weight is 404 g/mol. The maximum atomic E-state index is 13.2. The Balaban J connectivity index is 1.73. The number of nitrogens with one attached hydrogen (secondary N) is 2. The van der Waals surface area contributed by atoms with Crippen molar-refractivity contribution in [1.82, 2.24) is 5.32 Å². The van der Waals surface area contributed by atoms with Gasteiger partial charge in [0, 0.05) is 35.4 Å². The van der Waals surface area contributed by atoms with Gasteiger partial charge in [0.05, 0.1) is 11.5 Å². The first kappa shape index (κ1) is 20.1. The van der Waals surface area contributed by atoms with Crippen LogP contribution in [-0.4, -0.2) is 11.8 Å². The lowest BCUT2D eigenvalue weighted by molar-refractivity contribution is -0.378. The molecule has 154 valence electrons. The third-order valence-corrected chi connectivity index (χ3v) is 5.76. The number of aromatic amines is 1. The number of aromatic nitrogens is 1. The number of allylic oxidation sites excluding steroid dienone is 3. The lowest BCUT2D eigenvalue weighted by Gasteiger charge is -2.41. The fraction of sp³-hybridized carbons (Fsp3) is 0.320. The minimum absolute atomic E-state index is 0.139. The summed E-state index contributed by atoms with van der Waals surface area (Å²) >= 11 is 0. The highest BCUT2D eigenvalue weighted by Gasteiger charge is 2.46. The number of H-pyrrole nitrogens is 1. The molecule has 4 rings (SSSR count). The van der Waals surface area contributed by atoms with Crippen molar-refractivity contribution in [2.45, 2.75) is 39.7 Å². The second-order valence-corrected chi connectivity index (χ2v) is 8.75. The van der Waals surface area contributed by atoms with Crippen molar-refractivity contribution < 1.29 is 19.3 Å². The van der Waals surface area contributed by atoms with Gasteiger partial charge in [0.1, 0.15) is 12.4 Å². The number of hydrogen-bond donors (Lipinski definition) is 1. The fourth-order valence-electron chi connectivity index (χ4n) is 4.50. The molecule has 1 aliphatic heterocycles. The summed E-state index contributed by atoms with van der Waals surface area (Å²) in [5.41, 5.74) is 3.73. The highest BCUT2D eigenvalue weighted by Crippen LogP contribution is 2.46. The Morgan fingerprint density at radius 3 is 2.63 bits per heavy atom. The van der Waals surface area contributed by atoms with E-state index in [1.54, 1.807) is 0 Å². The number of Topliss-reactive ketones (excluding diaryl/α,β-unsaturated/α-hetero) is 1. The number of ketones is 1. The predicted molar refractivity (Wildman–Crippen MR) is 113 cm³/mol. The molecule has 0 saturated carbocycles. The Bertz CT molecular complexity index is 1020. The van der Waals surface area contributed by atoms with E-state index in [2.05, 4.69) is 30.2 Å². The monoisotopic (exact) mass is 403 g/mol. The molecule has 1 aliphatic carbocycles. The SMILES string of the molecule is CC1=C(C(=O)OCc2ccccc2)C(c2ccc[nH+]c2)C2C(=O)CC(C)(C)C=C2N1. The summed E-state index contributed by atoms with van der Waals surface area (Å²) in [6.07, 6.45) is 6.26. The lowest BCUT2D eigenvalue weighted by Crippen LogP contribution is -2.43. The smallest absolute Gasteiger partial charge is 0.336 e. The van der Waals surface area contributed by atoms with Gasteiger partial charge < -0.3 is 10.1 Å². The summed E-state index contributed by atoms with van der Waals surface area (Å²) in [7, 11) is 0. The van der Waals surface area contributed by atoms with Gasteiger partial charge in [-0.2, -0.15) is 0 Å². The van der Waals surface area contributed by atoms with Gasteiger partial charge >= 0.3 is 5.97 Å². The van der Waals surface area contributed by atoms with Crippen LogP contribution in [0.3, 0.4) is 0 Å². The lowest BCUT2D eigenvalue weighted by atomic mass is 9.66. The molecule has 5 heteroatoms. The number of carbonyl (C=O) groups excluding carboxylic acids is 2. The Morgan fingerprint density at radius 2 is 1.93 bits per heavy atom. The van der Waals surface area contributed by atoms with E-state index in [0.717, 1.165) is 22.5 Å². The van der Waals surface area contributed by atoms with Crippen LogP contribution in [0.15, 0.2) is 77.9 Å². The van der Waals surface area contributed by atoms with E-state index in [-0.39, 0.29) is 23.7 Å². The zero-order valence-electron chi connectivity index (χ0n) is 17.6. The number of fused-ring (bicyclic) bond motifs is 1. The fourth-order valence-corrected chi connectivity index (χ4v) is 4.50. The Kier molecular flexibility index (Phi) is 5.29. The minimum Gasteiger partial charge on any atom is -0.457 e. The van der Waals surface area contributed by atoms with Crippen LogP contribution in [0.1, 0.15) is 44.2 Å². The van der Waals surface area contributed by atoms with Gasteiger partial charge in [0.2, 0.25) is 0 Å². The zero-order chi connectivity index (χ0) is 21.3. The van der Waals surface area contributed by atoms with E-state index in [9.17, 15) is 9.59 Å². The standard InChI is InChI=1S/C25H26N2O3/c1-16-21(24(29)30-15-17-8-5-4-6-9-17)22(18-10-7-11-26-14-18)23-19(27-16)12-25(2,3)13-20(23)28/h4-12,14,22-23,27H,13,15H2,1-3H3/p+1. The van der Waals surface area contributed by atoms with Crippen LogP contribution >= 0.6 is 0 Å². The molecule has 5 nitrogen and oxygen atoms in total. The van der Waals surface area contributed by atoms with Crippen molar-refractivity contribution in [2.75, 3.05) is 0 Å². The molecular weight excluding hydrogens is 376 g/mol. The maximum Gasteiger partial charge on any atom is 0.336 e. The molecule has 2 aliphatic rings. The normalized spacial score (nSPS) is 22.6. The molecule has 0 fully saturated rings. The molecular formula is C25H27N2O3+. The van der Waals surface area contributed by atoms with Crippen LogP contribution in [0.4, 0.5) is 0 Å². The molecule has 2 aromatic rings. The van der Waals surface area contributed by atoms with E-state index in [4.69, 9.17) is 4.74 Å². The quantitative estimate of drug-likeness (QED) is 0.791. The van der Waals surface area contributed by atoms with Crippen LogP contribution in [-0.2, 0) is 20.9 Å². The highest BCUT2D eigenvalue weighted by molar-refractivity contribution is 5.96. The van der Waals surface area contributed by atoms with Crippen LogP contribution in [0.5, 0.6) is 0 Å². The van der Waals surface area contributed by atoms with E-state index < -0.39 is 11.9 Å². The number of carbonyl (C=O) groups is 2. The highest BCUT2D eigenvalue weighted by atomic mass is 16.5. The minimum atomic E-state index is -0.420. The number of ether oxygens (including phenoxy) is 1. The second kappa shape index (κ2) is 7.90. The van der Waals surface area contributed by atoms with Crippen LogP contribution in [0.25, 0.3) is 0 Å². The summed E-state index contributed by atoms with van der Waals surface area (Å²) in [6.45, 7) is 6.19. The number of esters is 1. The topological polar surface area (TPSA) is 69.5 Å². The molecule has 1 aromatic carbocycles. The van der Waals surface area contributed by atoms with Crippen molar-refractivity contribution >= 4 is 11.8 Å². The van der Waals surface area contributed by atoms with Gasteiger partial charge in [-0.1, -0.05) is 50.3 Å². The zero-order valence-corrected chi connectivity index (χ0v) is 17.6. The maximum absolute atomic E-state index is 13.2. The summed E-state index contributed by atoms with van der Waals surface area (Å²) in [5.74, 6) is -1.06. The van der Waals surface area contributed by atoms with Crippen molar-refractivity contribution in [3.8, 4) is 0 Å². The molecule has 2 heterocycles. The van der Waals surface area contributed by atoms with E-state index in [0.29, 0.717) is 12.0 Å². The van der Waals surface area contributed by atoms with Crippen molar-refractivity contribution in [1.29, 1.82) is 0 Å². The van der Waals surface area contributed by atoms with E-state index in [1.807, 2.05) is 61.8 Å². The average Bonchev–Trinajstić information content (AvgIpc) is 2.71. The van der Waals surface area contributed by atoms with Crippen LogP contribution in [0.2, 0.25) is 0 Å². The van der Waals surface area contributed by atoms with E-state index in [1.165, 1.54) is 0 Å². The molecule has 0 radical (unpaired) electrons. The first-order valence-electron chi connectivity index (χ1n) is 10.3. The molecule has 2 atom stereocenters. The van der Waals surface area contributed by atoms with Gasteiger partial charge in [0.25, 0.3) is 0 Å². The predicted octanol–water partition coefficient (Wildman–Crippen LogP) is 3.70. The van der Waals surface area contributed by atoms with Gasteiger partial charge in [0.15, 0.2) is 12.4 Å². The summed E-state index contributed by atoms with van der Waals surface area (Å²) < 4.78 is 5.67. The van der Waals surface area contributed by atoms with E-state index >= 15 is 0 Å². The van der Waals surface area contributed by atoms with Crippen molar-refractivity contribution in [3.05, 3.63) is 89.0 Å². The number of rotatable bonds is 4. The molecule has 30 heavy (non-hydrogen) atoms. The number of benzene rings is 1. The molecule has 0 bridgehead atoms. The Morgan fingerprint density at radius 1 is 1.17 bits per heavy atom. The summed E-state index contributed by atoms with van der Waals surface area (Å²) in [4.78, 5) is 29.5. The molecule has 0 saturated heterocycles. The Hall–Kier alpha value is -3.21. The summed E-state index contributed by atoms with van der Waals surface area (Å²) in [5, 5.41) is 3.34. The largest absolute Gasteiger partial charge is 0.457 e. The van der Waals surface area contributed by atoms with Crippen LogP contribution in [0, 0.1) is 11.3 Å². The summed E-state index contributed by atoms with van der Waals surface area (Å²) in [6, 6.07) is 13.4. The third-order valence-electron chi connectivity index (χ3n) is 5.76. The second-order valence-electron chi connectivity index (χ2n) is 8.75.